The highest BCUT2D eigenvalue weighted by Gasteiger charge is 2.77. The van der Waals surface area contributed by atoms with Crippen molar-refractivity contribution in [1.82, 2.24) is 25.5 Å². The number of aromatic nitrogens is 4. The molecule has 2 saturated carbocycles. The van der Waals surface area contributed by atoms with Crippen molar-refractivity contribution in [3.63, 3.8) is 0 Å². The van der Waals surface area contributed by atoms with Crippen molar-refractivity contribution in [2.45, 2.75) is 36.6 Å². The van der Waals surface area contributed by atoms with Crippen LogP contribution in [0.4, 0.5) is 10.3 Å². The van der Waals surface area contributed by atoms with Crippen molar-refractivity contribution in [3.8, 4) is 10.6 Å². The van der Waals surface area contributed by atoms with Gasteiger partial charge in [0.2, 0.25) is 5.95 Å². The first-order valence-corrected chi connectivity index (χ1v) is 9.67. The lowest BCUT2D eigenvalue weighted by atomic mass is 9.87. The Morgan fingerprint density at radius 3 is 2.96 bits per heavy atom. The van der Waals surface area contributed by atoms with Crippen LogP contribution in [0.1, 0.15) is 12.8 Å². The number of rotatable bonds is 3. The van der Waals surface area contributed by atoms with Crippen LogP contribution in [-0.2, 0) is 0 Å². The SMILES string of the molecule is CN(c1ncc(-c2cc3ccncc3s2)nn1)[C@H]1CC2CC3C(N2)[C@@]31F. The Morgan fingerprint density at radius 1 is 1.31 bits per heavy atom. The fourth-order valence-electron chi connectivity index (χ4n) is 4.85. The maximum Gasteiger partial charge on any atom is 0.245 e. The molecule has 132 valence electrons. The number of nitrogens with zero attached hydrogens (tertiary/aromatic N) is 5. The molecular formula is C18H17FN6S. The minimum atomic E-state index is -1.13. The Labute approximate surface area is 153 Å². The van der Waals surface area contributed by atoms with E-state index >= 15 is 4.39 Å². The summed E-state index contributed by atoms with van der Waals surface area (Å²) in [5.41, 5.74) is -0.403. The largest absolute Gasteiger partial charge is 0.336 e. The summed E-state index contributed by atoms with van der Waals surface area (Å²) >= 11 is 1.62. The Morgan fingerprint density at radius 2 is 2.23 bits per heavy atom. The zero-order valence-corrected chi connectivity index (χ0v) is 14.9. The van der Waals surface area contributed by atoms with E-state index in [2.05, 4.69) is 31.5 Å². The summed E-state index contributed by atoms with van der Waals surface area (Å²) in [6.45, 7) is 0. The van der Waals surface area contributed by atoms with Gasteiger partial charge < -0.3 is 10.2 Å². The van der Waals surface area contributed by atoms with Crippen LogP contribution in [0.15, 0.2) is 30.7 Å². The van der Waals surface area contributed by atoms with Gasteiger partial charge in [0, 0.05) is 37.4 Å². The van der Waals surface area contributed by atoms with E-state index in [1.54, 1.807) is 23.7 Å². The van der Waals surface area contributed by atoms with Crippen molar-refractivity contribution in [2.75, 3.05) is 11.9 Å². The molecule has 1 N–H and O–H groups in total. The topological polar surface area (TPSA) is 66.8 Å². The Hall–Kier alpha value is -2.19. The molecule has 4 aliphatic rings. The van der Waals surface area contributed by atoms with E-state index in [-0.39, 0.29) is 18.0 Å². The van der Waals surface area contributed by atoms with Crippen LogP contribution in [0, 0.1) is 5.92 Å². The van der Waals surface area contributed by atoms with Gasteiger partial charge in [-0.05, 0) is 30.4 Å². The molecular weight excluding hydrogens is 351 g/mol. The van der Waals surface area contributed by atoms with Crippen LogP contribution in [0.2, 0.25) is 0 Å². The van der Waals surface area contributed by atoms with Gasteiger partial charge in [-0.1, -0.05) is 0 Å². The molecule has 3 unspecified atom stereocenters. The van der Waals surface area contributed by atoms with Crippen molar-refractivity contribution >= 4 is 27.4 Å². The molecule has 3 aromatic rings. The second kappa shape index (κ2) is 4.95. The molecule has 0 aromatic carbocycles. The maximum absolute atomic E-state index is 15.3. The fourth-order valence-corrected chi connectivity index (χ4v) is 5.83. The third-order valence-electron chi connectivity index (χ3n) is 6.22. The number of hydrogen-bond acceptors (Lipinski definition) is 7. The average Bonchev–Trinajstić information content (AvgIpc) is 3.04. The number of pyridine rings is 1. The van der Waals surface area contributed by atoms with Crippen LogP contribution in [0.5, 0.6) is 0 Å². The molecule has 4 bridgehead atoms. The van der Waals surface area contributed by atoms with Gasteiger partial charge in [-0.3, -0.25) is 4.98 Å². The highest BCUT2D eigenvalue weighted by Crippen LogP contribution is 2.62. The normalized spacial score (nSPS) is 34.2. The third-order valence-corrected chi connectivity index (χ3v) is 7.33. The van der Waals surface area contributed by atoms with E-state index in [4.69, 9.17) is 0 Å². The van der Waals surface area contributed by atoms with E-state index in [1.807, 2.05) is 24.2 Å². The monoisotopic (exact) mass is 368 g/mol. The number of fused-ring (bicyclic) bond motifs is 2. The van der Waals surface area contributed by atoms with Crippen LogP contribution in [-0.4, -0.2) is 51.0 Å². The summed E-state index contributed by atoms with van der Waals surface area (Å²) in [6, 6.07) is 4.33. The minimum absolute atomic E-state index is 0.0214. The van der Waals surface area contributed by atoms with Gasteiger partial charge in [0.1, 0.15) is 5.69 Å². The molecule has 5 atom stereocenters. The molecule has 4 fully saturated rings. The predicted molar refractivity (Wildman–Crippen MR) is 97.9 cm³/mol. The lowest BCUT2D eigenvalue weighted by molar-refractivity contribution is 0.134. The van der Waals surface area contributed by atoms with Crippen LogP contribution in [0.25, 0.3) is 20.7 Å². The number of anilines is 1. The first kappa shape index (κ1) is 14.9. The Balaban J connectivity index is 1.28. The van der Waals surface area contributed by atoms with E-state index in [9.17, 15) is 0 Å². The fraction of sp³-hybridized carbons (Fsp3) is 0.444. The van der Waals surface area contributed by atoms with E-state index < -0.39 is 5.67 Å². The van der Waals surface area contributed by atoms with Gasteiger partial charge in [-0.15, -0.1) is 21.5 Å². The predicted octanol–water partition coefficient (Wildman–Crippen LogP) is 2.43. The van der Waals surface area contributed by atoms with Crippen molar-refractivity contribution in [3.05, 3.63) is 30.7 Å². The summed E-state index contributed by atoms with van der Waals surface area (Å²) in [6.07, 6.45) is 7.12. The third kappa shape index (κ3) is 1.88. The molecule has 2 aliphatic heterocycles. The van der Waals surface area contributed by atoms with Crippen LogP contribution in [0.3, 0.4) is 0 Å². The van der Waals surface area contributed by atoms with E-state index in [0.717, 1.165) is 33.5 Å². The number of hydrogen-bond donors (Lipinski definition) is 1. The quantitative estimate of drug-likeness (QED) is 0.766. The molecule has 8 heteroatoms. The molecule has 26 heavy (non-hydrogen) atoms. The smallest absolute Gasteiger partial charge is 0.245 e. The Kier molecular flexibility index (Phi) is 2.84. The molecule has 2 saturated heterocycles. The Bertz CT molecular complexity index is 959. The zero-order valence-electron chi connectivity index (χ0n) is 14.1. The number of alkyl halides is 1. The lowest BCUT2D eigenvalue weighted by Crippen LogP contribution is -2.56. The second-order valence-electron chi connectivity index (χ2n) is 7.54. The highest BCUT2D eigenvalue weighted by molar-refractivity contribution is 7.22. The number of piperidine rings is 2. The van der Waals surface area contributed by atoms with Gasteiger partial charge >= 0.3 is 0 Å². The molecule has 2 aliphatic carbocycles. The summed E-state index contributed by atoms with van der Waals surface area (Å²) < 4.78 is 16.4. The van der Waals surface area contributed by atoms with Gasteiger partial charge in [0.15, 0.2) is 5.67 Å². The van der Waals surface area contributed by atoms with Gasteiger partial charge in [0.25, 0.3) is 0 Å². The molecule has 7 rings (SSSR count). The van der Waals surface area contributed by atoms with Gasteiger partial charge in [-0.2, -0.15) is 0 Å². The molecule has 0 radical (unpaired) electrons. The van der Waals surface area contributed by atoms with E-state index in [1.165, 1.54) is 0 Å². The van der Waals surface area contributed by atoms with Gasteiger partial charge in [-0.25, -0.2) is 9.37 Å². The summed E-state index contributed by atoms with van der Waals surface area (Å²) in [5, 5.41) is 13.2. The minimum Gasteiger partial charge on any atom is -0.336 e. The number of thiophene rings is 1. The van der Waals surface area contributed by atoms with Crippen LogP contribution < -0.4 is 10.2 Å². The van der Waals surface area contributed by atoms with Gasteiger partial charge in [0.05, 0.1) is 21.8 Å². The van der Waals surface area contributed by atoms with Crippen molar-refractivity contribution in [2.24, 2.45) is 5.92 Å². The number of nitrogens with one attached hydrogen (secondary N) is 1. The summed E-state index contributed by atoms with van der Waals surface area (Å²) in [7, 11) is 1.88. The molecule has 6 nitrogen and oxygen atoms in total. The average molecular weight is 368 g/mol. The highest BCUT2D eigenvalue weighted by atomic mass is 32.1. The summed E-state index contributed by atoms with van der Waals surface area (Å²) in [5.74, 6) is 0.651. The molecule has 5 heterocycles. The molecule has 0 spiro atoms. The van der Waals surface area contributed by atoms with Crippen molar-refractivity contribution in [1.29, 1.82) is 0 Å². The maximum atomic E-state index is 15.3. The standard InChI is InChI=1S/C18H17FN6S/c1-25(15-6-10-5-11-16(22-10)18(11,15)19)17-21-7-12(23-24-17)13-4-9-2-3-20-8-14(9)26-13/h2-4,7-8,10-11,15-16,22H,5-6H2,1H3/t10?,11?,15-,16?,18+/m0/s1. The van der Waals surface area contributed by atoms with Crippen LogP contribution >= 0.6 is 11.3 Å². The zero-order chi connectivity index (χ0) is 17.5. The lowest BCUT2D eigenvalue weighted by Gasteiger charge is -2.40. The summed E-state index contributed by atoms with van der Waals surface area (Å²) in [4.78, 5) is 11.5. The molecule has 0 amide bonds. The number of halogens is 1. The second-order valence-corrected chi connectivity index (χ2v) is 8.62. The van der Waals surface area contributed by atoms with Crippen molar-refractivity contribution < 1.29 is 4.39 Å². The first-order chi connectivity index (χ1) is 12.6. The molecule has 3 aromatic heterocycles. The first-order valence-electron chi connectivity index (χ1n) is 8.86. The van der Waals surface area contributed by atoms with E-state index in [0.29, 0.717) is 12.0 Å².